The summed E-state index contributed by atoms with van der Waals surface area (Å²) < 4.78 is 52.4. The molecule has 0 spiro atoms. The van der Waals surface area contributed by atoms with E-state index in [0.717, 1.165) is 5.39 Å². The molecule has 3 nitrogen and oxygen atoms in total. The Morgan fingerprint density at radius 2 is 1.67 bits per heavy atom. The topological polar surface area (TPSA) is 47.8 Å². The molecule has 140 valence electrons. The van der Waals surface area contributed by atoms with Crippen LogP contribution in [0.2, 0.25) is 0 Å². The van der Waals surface area contributed by atoms with Crippen LogP contribution >= 0.6 is 0 Å². The molecule has 4 rings (SSSR count). The minimum Gasteiger partial charge on any atom is -0.496 e. The summed E-state index contributed by atoms with van der Waals surface area (Å²) in [4.78, 5) is 0. The summed E-state index contributed by atoms with van der Waals surface area (Å²) in [6, 6.07) is 17.5. The van der Waals surface area contributed by atoms with Crippen LogP contribution in [0.15, 0.2) is 60.7 Å². The lowest BCUT2D eigenvalue weighted by Crippen LogP contribution is -2.40. The molecule has 2 unspecified atom stereocenters. The van der Waals surface area contributed by atoms with Crippen molar-refractivity contribution >= 4 is 16.5 Å². The van der Waals surface area contributed by atoms with Gasteiger partial charge in [-0.3, -0.25) is 0 Å². The Morgan fingerprint density at radius 1 is 1.00 bits per heavy atom. The molecule has 0 bridgehead atoms. The number of nitrogen functional groups attached to an aromatic ring is 1. The Morgan fingerprint density at radius 3 is 2.33 bits per heavy atom. The van der Waals surface area contributed by atoms with Crippen molar-refractivity contribution in [2.45, 2.75) is 17.7 Å². The average Bonchev–Trinajstić information content (AvgIpc) is 3.46. The van der Waals surface area contributed by atoms with E-state index in [0.29, 0.717) is 28.0 Å². The summed E-state index contributed by atoms with van der Waals surface area (Å²) in [5.41, 5.74) is 5.15. The van der Waals surface area contributed by atoms with Gasteiger partial charge in [0.1, 0.15) is 5.75 Å². The van der Waals surface area contributed by atoms with Gasteiger partial charge in [0.05, 0.1) is 19.6 Å². The highest BCUT2D eigenvalue weighted by Gasteiger charge is 2.71. The second-order valence-corrected chi connectivity index (χ2v) is 6.64. The van der Waals surface area contributed by atoms with Gasteiger partial charge in [-0.25, -0.2) is 0 Å². The summed E-state index contributed by atoms with van der Waals surface area (Å²) in [6.45, 7) is -0.411. The van der Waals surface area contributed by atoms with Gasteiger partial charge in [-0.1, -0.05) is 54.6 Å². The van der Waals surface area contributed by atoms with E-state index in [1.807, 2.05) is 24.3 Å². The normalized spacial score (nSPS) is 20.4. The van der Waals surface area contributed by atoms with Crippen LogP contribution in [0, 0.1) is 0 Å². The number of rotatable bonds is 4. The number of alkyl halides is 3. The number of para-hydroxylation sites is 1. The van der Waals surface area contributed by atoms with E-state index in [1.54, 1.807) is 36.4 Å². The summed E-state index contributed by atoms with van der Waals surface area (Å²) in [5.74, 6) is -0.757. The third-order valence-corrected chi connectivity index (χ3v) is 5.17. The number of nitrogens with two attached hydrogens (primary N) is 1. The van der Waals surface area contributed by atoms with E-state index < -0.39 is 24.3 Å². The van der Waals surface area contributed by atoms with E-state index in [1.165, 1.54) is 7.11 Å². The molecule has 2 N–H and O–H groups in total. The number of epoxide rings is 1. The number of ether oxygens (including phenoxy) is 2. The molecule has 1 fully saturated rings. The van der Waals surface area contributed by atoms with Gasteiger partial charge in [-0.2, -0.15) is 13.2 Å². The van der Waals surface area contributed by atoms with Gasteiger partial charge in [0, 0.05) is 16.6 Å². The van der Waals surface area contributed by atoms with Gasteiger partial charge in [-0.05, 0) is 17.0 Å². The minimum atomic E-state index is -4.55. The van der Waals surface area contributed by atoms with E-state index in [9.17, 15) is 13.2 Å². The van der Waals surface area contributed by atoms with Crippen LogP contribution in [0.1, 0.15) is 17.0 Å². The average molecular weight is 373 g/mol. The first-order chi connectivity index (χ1) is 12.9. The molecular formula is C21H18F3NO2. The Labute approximate surface area is 154 Å². The smallest absolute Gasteiger partial charge is 0.420 e. The molecule has 1 heterocycles. The SMILES string of the molecule is COc1ccccc1C(c1ccc2ccccc2c1N)C1(C(F)(F)F)CO1. The maximum atomic E-state index is 14.0. The van der Waals surface area contributed by atoms with Gasteiger partial charge in [0.15, 0.2) is 5.60 Å². The molecule has 2 atom stereocenters. The highest BCUT2D eigenvalue weighted by molar-refractivity contribution is 5.95. The fourth-order valence-corrected chi connectivity index (χ4v) is 3.71. The van der Waals surface area contributed by atoms with Gasteiger partial charge in [0.2, 0.25) is 0 Å². The van der Waals surface area contributed by atoms with Crippen molar-refractivity contribution in [2.75, 3.05) is 19.5 Å². The van der Waals surface area contributed by atoms with Crippen molar-refractivity contribution < 1.29 is 22.6 Å². The lowest BCUT2D eigenvalue weighted by molar-refractivity contribution is -0.187. The summed E-state index contributed by atoms with van der Waals surface area (Å²) in [5, 5.41) is 1.59. The van der Waals surface area contributed by atoms with Crippen molar-refractivity contribution in [3.05, 3.63) is 71.8 Å². The van der Waals surface area contributed by atoms with Crippen molar-refractivity contribution in [3.63, 3.8) is 0 Å². The van der Waals surface area contributed by atoms with Crippen molar-refractivity contribution in [3.8, 4) is 5.75 Å². The maximum Gasteiger partial charge on any atom is 0.420 e. The summed E-state index contributed by atoms with van der Waals surface area (Å²) in [7, 11) is 1.44. The molecule has 0 saturated carbocycles. The molecule has 27 heavy (non-hydrogen) atoms. The molecule has 0 aromatic heterocycles. The quantitative estimate of drug-likeness (QED) is 0.523. The molecule has 3 aromatic carbocycles. The first-order valence-corrected chi connectivity index (χ1v) is 8.50. The predicted octanol–water partition coefficient (Wildman–Crippen LogP) is 4.89. The summed E-state index contributed by atoms with van der Waals surface area (Å²) >= 11 is 0. The van der Waals surface area contributed by atoms with Gasteiger partial charge in [-0.15, -0.1) is 0 Å². The van der Waals surface area contributed by atoms with E-state index in [4.69, 9.17) is 15.2 Å². The van der Waals surface area contributed by atoms with Crippen LogP contribution in [-0.2, 0) is 4.74 Å². The van der Waals surface area contributed by atoms with E-state index >= 15 is 0 Å². The number of methoxy groups -OCH3 is 1. The fourth-order valence-electron chi connectivity index (χ4n) is 3.71. The van der Waals surface area contributed by atoms with Crippen LogP contribution in [0.5, 0.6) is 5.75 Å². The van der Waals surface area contributed by atoms with Crippen LogP contribution in [-0.4, -0.2) is 25.5 Å². The Bertz CT molecular complexity index is 996. The van der Waals surface area contributed by atoms with Crippen LogP contribution in [0.4, 0.5) is 18.9 Å². The number of fused-ring (bicyclic) bond motifs is 1. The Balaban J connectivity index is 1.99. The van der Waals surface area contributed by atoms with Gasteiger partial charge < -0.3 is 15.2 Å². The molecule has 1 aliphatic heterocycles. The monoisotopic (exact) mass is 373 g/mol. The van der Waals surface area contributed by atoms with Gasteiger partial charge in [0.25, 0.3) is 0 Å². The molecular weight excluding hydrogens is 355 g/mol. The largest absolute Gasteiger partial charge is 0.496 e. The molecule has 1 aliphatic rings. The zero-order chi connectivity index (χ0) is 19.2. The van der Waals surface area contributed by atoms with Crippen molar-refractivity contribution in [2.24, 2.45) is 0 Å². The van der Waals surface area contributed by atoms with Gasteiger partial charge >= 0.3 is 6.18 Å². The zero-order valence-corrected chi connectivity index (χ0v) is 14.6. The predicted molar refractivity (Wildman–Crippen MR) is 97.9 cm³/mol. The Kier molecular flexibility index (Phi) is 4.03. The second kappa shape index (κ2) is 6.16. The molecule has 0 radical (unpaired) electrons. The lowest BCUT2D eigenvalue weighted by atomic mass is 9.78. The van der Waals surface area contributed by atoms with Crippen LogP contribution in [0.25, 0.3) is 10.8 Å². The zero-order valence-electron chi connectivity index (χ0n) is 14.6. The maximum absolute atomic E-state index is 14.0. The number of halogens is 3. The fraction of sp³-hybridized carbons (Fsp3) is 0.238. The summed E-state index contributed by atoms with van der Waals surface area (Å²) in [6.07, 6.45) is -4.55. The second-order valence-electron chi connectivity index (χ2n) is 6.64. The lowest BCUT2D eigenvalue weighted by Gasteiger charge is -2.29. The number of hydrogen-bond donors (Lipinski definition) is 1. The first-order valence-electron chi connectivity index (χ1n) is 8.50. The number of benzene rings is 3. The van der Waals surface area contributed by atoms with Crippen LogP contribution in [0.3, 0.4) is 0 Å². The molecule has 0 aliphatic carbocycles. The third-order valence-electron chi connectivity index (χ3n) is 5.17. The van der Waals surface area contributed by atoms with Crippen molar-refractivity contribution in [1.29, 1.82) is 0 Å². The molecule has 3 aromatic rings. The molecule has 6 heteroatoms. The molecule has 0 amide bonds. The van der Waals surface area contributed by atoms with E-state index in [2.05, 4.69) is 0 Å². The van der Waals surface area contributed by atoms with Crippen LogP contribution < -0.4 is 10.5 Å². The first kappa shape index (κ1) is 17.7. The Hall–Kier alpha value is -2.73. The molecule has 1 saturated heterocycles. The highest BCUT2D eigenvalue weighted by atomic mass is 19.4. The highest BCUT2D eigenvalue weighted by Crippen LogP contribution is 2.57. The van der Waals surface area contributed by atoms with E-state index in [-0.39, 0.29) is 0 Å². The number of anilines is 1. The minimum absolute atomic E-state index is 0.322. The standard InChI is InChI=1S/C21H18F3NO2/c1-26-17-9-5-4-8-15(17)18(20(12-27-20)21(22,23)24)16-11-10-13-6-2-3-7-14(13)19(16)25/h2-11,18H,12,25H2,1H3. The van der Waals surface area contributed by atoms with Crippen molar-refractivity contribution in [1.82, 2.24) is 0 Å². The third kappa shape index (κ3) is 2.72. The number of hydrogen-bond acceptors (Lipinski definition) is 3.